The molecule has 1 N–H and O–H groups in total. The van der Waals surface area contributed by atoms with Crippen LogP contribution >= 0.6 is 0 Å². The van der Waals surface area contributed by atoms with Gasteiger partial charge in [0.1, 0.15) is 6.04 Å². The molecule has 1 aromatic heterocycles. The topological polar surface area (TPSA) is 70.5 Å². The van der Waals surface area contributed by atoms with E-state index < -0.39 is 6.04 Å². The third kappa shape index (κ3) is 3.29. The highest BCUT2D eigenvalue weighted by Crippen LogP contribution is 2.39. The molecule has 2 atom stereocenters. The lowest BCUT2D eigenvalue weighted by atomic mass is 10.2. The molecule has 1 saturated heterocycles. The molecule has 3 rings (SSSR count). The smallest absolute Gasteiger partial charge is 0.322 e. The van der Waals surface area contributed by atoms with E-state index in [-0.39, 0.29) is 11.9 Å². The summed E-state index contributed by atoms with van der Waals surface area (Å²) >= 11 is 0. The minimum Gasteiger partial charge on any atom is -0.337 e. The number of nitrogens with one attached hydrogen (secondary N) is 1. The number of anilines is 1. The first-order chi connectivity index (χ1) is 11.5. The van der Waals surface area contributed by atoms with Crippen molar-refractivity contribution in [2.45, 2.75) is 38.3 Å². The second-order valence-corrected chi connectivity index (χ2v) is 6.71. The third-order valence-corrected chi connectivity index (χ3v) is 4.98. The Bertz CT molecular complexity index is 637. The van der Waals surface area contributed by atoms with Crippen molar-refractivity contribution in [3.05, 3.63) is 25.0 Å². The van der Waals surface area contributed by atoms with E-state index in [9.17, 15) is 9.59 Å². The van der Waals surface area contributed by atoms with Crippen LogP contribution in [0.15, 0.2) is 25.0 Å². The number of carbonyl (C=O) groups is 2. The second kappa shape index (κ2) is 6.67. The van der Waals surface area contributed by atoms with E-state index in [4.69, 9.17) is 0 Å². The fraction of sp³-hybridized carbons (Fsp3) is 0.588. The van der Waals surface area contributed by atoms with Crippen molar-refractivity contribution in [3.8, 4) is 0 Å². The maximum Gasteiger partial charge on any atom is 0.322 e. The third-order valence-electron chi connectivity index (χ3n) is 4.98. The molecule has 2 heterocycles. The number of urea groups is 1. The van der Waals surface area contributed by atoms with Crippen molar-refractivity contribution in [3.63, 3.8) is 0 Å². The number of amides is 3. The zero-order chi connectivity index (χ0) is 17.3. The van der Waals surface area contributed by atoms with Gasteiger partial charge in [-0.2, -0.15) is 5.10 Å². The van der Waals surface area contributed by atoms with E-state index in [1.54, 1.807) is 24.2 Å². The number of nitrogens with zero attached hydrogens (tertiary/aromatic N) is 4. The van der Waals surface area contributed by atoms with Crippen LogP contribution in [0.5, 0.6) is 0 Å². The normalized spacial score (nSPS) is 21.7. The van der Waals surface area contributed by atoms with Crippen LogP contribution in [-0.2, 0) is 4.79 Å². The molecule has 0 aromatic carbocycles. The van der Waals surface area contributed by atoms with Gasteiger partial charge in [-0.15, -0.1) is 6.58 Å². The number of hydrogen-bond donors (Lipinski definition) is 1. The minimum absolute atomic E-state index is 0.0226. The van der Waals surface area contributed by atoms with Gasteiger partial charge >= 0.3 is 6.03 Å². The van der Waals surface area contributed by atoms with Gasteiger partial charge in [0.25, 0.3) is 0 Å². The highest BCUT2D eigenvalue weighted by atomic mass is 16.2. The number of carbonyl (C=O) groups excluding carboxylic acids is 2. The Labute approximate surface area is 142 Å². The van der Waals surface area contributed by atoms with E-state index in [1.165, 1.54) is 17.7 Å². The van der Waals surface area contributed by atoms with Crippen molar-refractivity contribution in [1.29, 1.82) is 0 Å². The number of rotatable bonds is 6. The first kappa shape index (κ1) is 16.5. The number of aromatic nitrogens is 2. The molecule has 0 radical (unpaired) electrons. The van der Waals surface area contributed by atoms with Crippen LogP contribution in [0.4, 0.5) is 10.5 Å². The standard InChI is InChI=1S/C17H25N5O2/c1-4-8-21-9-7-15(16(21)23)20(3)17(24)19-14-10-18-22(11-14)12(2)13-5-6-13/h4,10-13,15H,1,5-9H2,2-3H3,(H,19,24)/t12-,15-/m1/s1. The molecule has 1 aliphatic carbocycles. The van der Waals surface area contributed by atoms with E-state index >= 15 is 0 Å². The SMILES string of the molecule is C=CCN1CC[C@@H](N(C)C(=O)Nc2cnn([C@H](C)C3CC3)c2)C1=O. The highest BCUT2D eigenvalue weighted by Gasteiger charge is 2.36. The average molecular weight is 331 g/mol. The van der Waals surface area contributed by atoms with Crippen LogP contribution in [0, 0.1) is 5.92 Å². The second-order valence-electron chi connectivity index (χ2n) is 6.71. The van der Waals surface area contributed by atoms with Crippen molar-refractivity contribution >= 4 is 17.6 Å². The van der Waals surface area contributed by atoms with Crippen molar-refractivity contribution < 1.29 is 9.59 Å². The summed E-state index contributed by atoms with van der Waals surface area (Å²) < 4.78 is 1.90. The Morgan fingerprint density at radius 2 is 2.29 bits per heavy atom. The van der Waals surface area contributed by atoms with Gasteiger partial charge in [-0.3, -0.25) is 9.48 Å². The van der Waals surface area contributed by atoms with Gasteiger partial charge < -0.3 is 15.1 Å². The average Bonchev–Trinajstić information content (AvgIpc) is 3.22. The molecule has 7 heteroatoms. The summed E-state index contributed by atoms with van der Waals surface area (Å²) in [6.45, 7) is 6.98. The van der Waals surface area contributed by atoms with Gasteiger partial charge in [-0.25, -0.2) is 4.79 Å². The quantitative estimate of drug-likeness (QED) is 0.812. The fourth-order valence-electron chi connectivity index (χ4n) is 3.19. The molecule has 7 nitrogen and oxygen atoms in total. The summed E-state index contributed by atoms with van der Waals surface area (Å²) in [5, 5.41) is 7.17. The predicted octanol–water partition coefficient (Wildman–Crippen LogP) is 2.10. The van der Waals surface area contributed by atoms with E-state index in [0.717, 1.165) is 0 Å². The molecular formula is C17H25N5O2. The highest BCUT2D eigenvalue weighted by molar-refractivity contribution is 5.94. The van der Waals surface area contributed by atoms with E-state index in [1.807, 2.05) is 10.9 Å². The molecule has 3 amide bonds. The molecule has 1 aliphatic heterocycles. The van der Waals surface area contributed by atoms with Crippen LogP contribution in [0.2, 0.25) is 0 Å². The lowest BCUT2D eigenvalue weighted by molar-refractivity contribution is -0.130. The zero-order valence-electron chi connectivity index (χ0n) is 14.3. The van der Waals surface area contributed by atoms with Crippen LogP contribution in [0.3, 0.4) is 0 Å². The molecule has 2 fully saturated rings. The monoisotopic (exact) mass is 331 g/mol. The Morgan fingerprint density at radius 3 is 2.96 bits per heavy atom. The maximum absolute atomic E-state index is 12.4. The molecule has 0 unspecified atom stereocenters. The number of likely N-dealkylation sites (N-methyl/N-ethyl adjacent to an activating group) is 1. The van der Waals surface area contributed by atoms with Crippen LogP contribution < -0.4 is 5.32 Å². The van der Waals surface area contributed by atoms with E-state index in [2.05, 4.69) is 23.9 Å². The molecule has 0 spiro atoms. The van der Waals surface area contributed by atoms with Crippen molar-refractivity contribution in [2.24, 2.45) is 5.92 Å². The zero-order valence-corrected chi connectivity index (χ0v) is 14.3. The van der Waals surface area contributed by atoms with Gasteiger partial charge in [-0.05, 0) is 32.1 Å². The Balaban J connectivity index is 1.58. The summed E-state index contributed by atoms with van der Waals surface area (Å²) in [6, 6.07) is -0.338. The molecule has 130 valence electrons. The largest absolute Gasteiger partial charge is 0.337 e. The van der Waals surface area contributed by atoms with Crippen molar-refractivity contribution in [1.82, 2.24) is 19.6 Å². The molecule has 1 aromatic rings. The molecule has 2 aliphatic rings. The predicted molar refractivity (Wildman–Crippen MR) is 91.6 cm³/mol. The first-order valence-corrected chi connectivity index (χ1v) is 8.49. The summed E-state index contributed by atoms with van der Waals surface area (Å²) in [5.74, 6) is 0.675. The Kier molecular flexibility index (Phi) is 4.59. The van der Waals surface area contributed by atoms with Crippen LogP contribution in [0.25, 0.3) is 0 Å². The van der Waals surface area contributed by atoms with Crippen LogP contribution in [0.1, 0.15) is 32.2 Å². The van der Waals surface area contributed by atoms with Gasteiger partial charge in [0.05, 0.1) is 17.9 Å². The summed E-state index contributed by atoms with van der Waals surface area (Å²) in [5.41, 5.74) is 0.660. The molecule has 1 saturated carbocycles. The minimum atomic E-state index is -0.412. The van der Waals surface area contributed by atoms with Gasteiger partial charge in [0.15, 0.2) is 0 Å². The summed E-state index contributed by atoms with van der Waals surface area (Å²) in [6.07, 6.45) is 8.36. The maximum atomic E-state index is 12.4. The Morgan fingerprint density at radius 1 is 1.54 bits per heavy atom. The molecule has 24 heavy (non-hydrogen) atoms. The lowest BCUT2D eigenvalue weighted by Crippen LogP contribution is -2.44. The van der Waals surface area contributed by atoms with Gasteiger partial charge in [-0.1, -0.05) is 6.08 Å². The number of likely N-dealkylation sites (tertiary alicyclic amines) is 1. The van der Waals surface area contributed by atoms with E-state index in [0.29, 0.717) is 37.2 Å². The number of hydrogen-bond acceptors (Lipinski definition) is 3. The molecular weight excluding hydrogens is 306 g/mol. The molecule has 0 bridgehead atoms. The fourth-order valence-corrected chi connectivity index (χ4v) is 3.19. The van der Waals surface area contributed by atoms with Gasteiger partial charge in [0, 0.05) is 26.3 Å². The summed E-state index contributed by atoms with van der Waals surface area (Å²) in [4.78, 5) is 27.9. The van der Waals surface area contributed by atoms with Crippen molar-refractivity contribution in [2.75, 3.05) is 25.5 Å². The lowest BCUT2D eigenvalue weighted by Gasteiger charge is -2.23. The van der Waals surface area contributed by atoms with Crippen LogP contribution in [-0.4, -0.2) is 57.7 Å². The Hall–Kier alpha value is -2.31. The van der Waals surface area contributed by atoms with Gasteiger partial charge in [0.2, 0.25) is 5.91 Å². The summed E-state index contributed by atoms with van der Waals surface area (Å²) in [7, 11) is 1.66. The first-order valence-electron chi connectivity index (χ1n) is 8.49.